The summed E-state index contributed by atoms with van der Waals surface area (Å²) in [5.74, 6) is 1.02. The van der Waals surface area contributed by atoms with Crippen molar-refractivity contribution in [1.82, 2.24) is 4.98 Å². The lowest BCUT2D eigenvalue weighted by Crippen LogP contribution is -2.32. The summed E-state index contributed by atoms with van der Waals surface area (Å²) in [7, 11) is 0. The Morgan fingerprint density at radius 2 is 1.87 bits per heavy atom. The van der Waals surface area contributed by atoms with E-state index in [1.54, 1.807) is 0 Å². The molecule has 1 saturated heterocycles. The van der Waals surface area contributed by atoms with Crippen molar-refractivity contribution >= 4 is 5.82 Å². The Bertz CT molecular complexity index is 1140. The molecule has 0 radical (unpaired) electrons. The number of rotatable bonds is 4. The van der Waals surface area contributed by atoms with Crippen LogP contribution in [0.1, 0.15) is 31.4 Å². The van der Waals surface area contributed by atoms with Crippen LogP contribution in [0.25, 0.3) is 0 Å². The third-order valence-corrected chi connectivity index (χ3v) is 6.73. The molecule has 1 aromatic heterocycles. The standard InChI is InChI=1S/C26H25N3O2/c1-26(2,18-8-4-3-5-9-18)19-14-15-27-25(16-19)28-23-11-7-6-10-21(23)22-13-12-20(29(30)31)17-24(22)28/h3-11,13-17,20-21,23H,12H2,1-2H3. The fraction of sp³-hybridized carbons (Fsp3) is 0.269. The molecule has 3 unspecified atom stereocenters. The van der Waals surface area contributed by atoms with E-state index in [0.29, 0.717) is 6.42 Å². The predicted molar refractivity (Wildman–Crippen MR) is 122 cm³/mol. The van der Waals surface area contributed by atoms with Crippen LogP contribution in [0.5, 0.6) is 0 Å². The van der Waals surface area contributed by atoms with Crippen molar-refractivity contribution in [2.45, 2.75) is 37.8 Å². The number of fused-ring (bicyclic) bond motifs is 3. The Morgan fingerprint density at radius 1 is 1.10 bits per heavy atom. The van der Waals surface area contributed by atoms with Gasteiger partial charge in [0.05, 0.1) is 6.04 Å². The van der Waals surface area contributed by atoms with E-state index in [4.69, 9.17) is 4.98 Å². The maximum Gasteiger partial charge on any atom is 0.237 e. The van der Waals surface area contributed by atoms with Crippen molar-refractivity contribution in [1.29, 1.82) is 0 Å². The Hall–Kier alpha value is -3.47. The highest BCUT2D eigenvalue weighted by Crippen LogP contribution is 2.46. The summed E-state index contributed by atoms with van der Waals surface area (Å²) in [6.45, 7) is 4.43. The Labute approximate surface area is 182 Å². The summed E-state index contributed by atoms with van der Waals surface area (Å²) in [6, 6.07) is 14.0. The zero-order chi connectivity index (χ0) is 21.6. The molecule has 5 nitrogen and oxygen atoms in total. The summed E-state index contributed by atoms with van der Waals surface area (Å²) in [4.78, 5) is 18.2. The predicted octanol–water partition coefficient (Wildman–Crippen LogP) is 5.20. The highest BCUT2D eigenvalue weighted by atomic mass is 16.6. The van der Waals surface area contributed by atoms with Crippen molar-refractivity contribution in [3.8, 4) is 0 Å². The van der Waals surface area contributed by atoms with Crippen LogP contribution in [-0.2, 0) is 5.41 Å². The molecule has 3 aliphatic rings. The zero-order valence-electron chi connectivity index (χ0n) is 17.7. The average Bonchev–Trinajstić information content (AvgIpc) is 3.13. The molecule has 156 valence electrons. The van der Waals surface area contributed by atoms with Crippen LogP contribution in [0.3, 0.4) is 0 Å². The lowest BCUT2D eigenvalue weighted by atomic mass is 9.78. The highest BCUT2D eigenvalue weighted by molar-refractivity contribution is 5.65. The van der Waals surface area contributed by atoms with Gasteiger partial charge in [0, 0.05) is 40.6 Å². The molecular weight excluding hydrogens is 386 g/mol. The van der Waals surface area contributed by atoms with Crippen LogP contribution >= 0.6 is 0 Å². The van der Waals surface area contributed by atoms with Crippen molar-refractivity contribution < 1.29 is 4.92 Å². The molecule has 0 saturated carbocycles. The maximum atomic E-state index is 11.5. The van der Waals surface area contributed by atoms with E-state index in [1.165, 1.54) is 11.1 Å². The molecule has 0 spiro atoms. The van der Waals surface area contributed by atoms with Gasteiger partial charge in [0.2, 0.25) is 6.04 Å². The monoisotopic (exact) mass is 411 g/mol. The molecule has 5 heteroatoms. The van der Waals surface area contributed by atoms with E-state index in [9.17, 15) is 10.1 Å². The second-order valence-corrected chi connectivity index (χ2v) is 8.85. The SMILES string of the molecule is CC(C)(c1ccccc1)c1ccnc(N2C3=CC([N+](=O)[O-])CC=C3C3C=CC=CC32)c1. The topological polar surface area (TPSA) is 59.3 Å². The van der Waals surface area contributed by atoms with Gasteiger partial charge in [0.15, 0.2) is 0 Å². The van der Waals surface area contributed by atoms with Crippen molar-refractivity contribution in [2.75, 3.05) is 4.90 Å². The number of allylic oxidation sites excluding steroid dienone is 3. The lowest BCUT2D eigenvalue weighted by molar-refractivity contribution is -0.508. The Balaban J connectivity index is 1.60. The number of benzene rings is 1. The number of nitrogens with zero attached hydrogens (tertiary/aromatic N) is 3. The molecule has 0 amide bonds. The van der Waals surface area contributed by atoms with Crippen LogP contribution < -0.4 is 4.90 Å². The van der Waals surface area contributed by atoms with Crippen LogP contribution in [0.4, 0.5) is 5.82 Å². The molecule has 1 fully saturated rings. The van der Waals surface area contributed by atoms with E-state index < -0.39 is 6.04 Å². The second-order valence-electron chi connectivity index (χ2n) is 8.85. The molecule has 3 atom stereocenters. The number of hydrogen-bond donors (Lipinski definition) is 0. The van der Waals surface area contributed by atoms with Gasteiger partial charge in [0.1, 0.15) is 5.82 Å². The van der Waals surface area contributed by atoms with Gasteiger partial charge in [-0.05, 0) is 28.8 Å². The third-order valence-electron chi connectivity index (χ3n) is 6.73. The van der Waals surface area contributed by atoms with Gasteiger partial charge in [-0.15, -0.1) is 0 Å². The third kappa shape index (κ3) is 3.21. The molecule has 31 heavy (non-hydrogen) atoms. The summed E-state index contributed by atoms with van der Waals surface area (Å²) >= 11 is 0. The van der Waals surface area contributed by atoms with E-state index in [2.05, 4.69) is 79.4 Å². The smallest absolute Gasteiger partial charge is 0.237 e. The minimum atomic E-state index is -0.696. The first kappa shape index (κ1) is 19.5. The fourth-order valence-electron chi connectivity index (χ4n) is 4.90. The molecule has 2 aliphatic carbocycles. The normalized spacial score (nSPS) is 24.3. The van der Waals surface area contributed by atoms with Gasteiger partial charge in [-0.25, -0.2) is 4.98 Å². The zero-order valence-corrected chi connectivity index (χ0v) is 17.7. The fourth-order valence-corrected chi connectivity index (χ4v) is 4.90. The first-order chi connectivity index (χ1) is 15.0. The Morgan fingerprint density at radius 3 is 2.65 bits per heavy atom. The van der Waals surface area contributed by atoms with Crippen LogP contribution in [-0.4, -0.2) is 22.0 Å². The summed E-state index contributed by atoms with van der Waals surface area (Å²) in [5, 5.41) is 11.5. The molecule has 0 N–H and O–H groups in total. The second kappa shape index (κ2) is 7.34. The number of hydrogen-bond acceptors (Lipinski definition) is 4. The summed E-state index contributed by atoms with van der Waals surface area (Å²) in [5.41, 5.74) is 4.29. The quantitative estimate of drug-likeness (QED) is 0.513. The van der Waals surface area contributed by atoms with Gasteiger partial charge in [-0.1, -0.05) is 74.6 Å². The molecule has 2 heterocycles. The molecule has 1 aromatic carbocycles. The largest absolute Gasteiger partial charge is 0.318 e. The van der Waals surface area contributed by atoms with E-state index >= 15 is 0 Å². The summed E-state index contributed by atoms with van der Waals surface area (Å²) in [6.07, 6.45) is 14.6. The van der Waals surface area contributed by atoms with Gasteiger partial charge in [-0.3, -0.25) is 10.1 Å². The first-order valence-corrected chi connectivity index (χ1v) is 10.7. The minimum Gasteiger partial charge on any atom is -0.318 e. The molecule has 2 aromatic rings. The lowest BCUT2D eigenvalue weighted by Gasteiger charge is -2.30. The number of aromatic nitrogens is 1. The average molecular weight is 412 g/mol. The van der Waals surface area contributed by atoms with Crippen molar-refractivity contribution in [3.05, 3.63) is 118 Å². The van der Waals surface area contributed by atoms with E-state index in [1.807, 2.05) is 24.4 Å². The first-order valence-electron chi connectivity index (χ1n) is 10.7. The van der Waals surface area contributed by atoms with E-state index in [0.717, 1.165) is 17.1 Å². The van der Waals surface area contributed by atoms with Crippen LogP contribution in [0.2, 0.25) is 0 Å². The molecule has 5 rings (SSSR count). The van der Waals surface area contributed by atoms with Gasteiger partial charge >= 0.3 is 0 Å². The Kier molecular flexibility index (Phi) is 4.62. The van der Waals surface area contributed by atoms with Crippen molar-refractivity contribution in [3.63, 3.8) is 0 Å². The van der Waals surface area contributed by atoms with Crippen molar-refractivity contribution in [2.24, 2.45) is 5.92 Å². The van der Waals surface area contributed by atoms with Crippen LogP contribution in [0, 0.1) is 16.0 Å². The number of anilines is 1. The van der Waals surface area contributed by atoms with Gasteiger partial charge in [0.25, 0.3) is 0 Å². The number of pyridine rings is 1. The molecular formula is C26H25N3O2. The molecule has 1 aliphatic heterocycles. The highest BCUT2D eigenvalue weighted by Gasteiger charge is 2.43. The number of nitro groups is 1. The van der Waals surface area contributed by atoms with E-state index in [-0.39, 0.29) is 22.3 Å². The summed E-state index contributed by atoms with van der Waals surface area (Å²) < 4.78 is 0. The maximum absolute atomic E-state index is 11.5. The minimum absolute atomic E-state index is 0.0793. The van der Waals surface area contributed by atoms with Crippen LogP contribution in [0.15, 0.2) is 96.4 Å². The van der Waals surface area contributed by atoms with Gasteiger partial charge < -0.3 is 4.90 Å². The molecule has 0 bridgehead atoms. The van der Waals surface area contributed by atoms with Gasteiger partial charge in [-0.2, -0.15) is 0 Å².